The van der Waals surface area contributed by atoms with E-state index in [1.54, 1.807) is 12.1 Å². The van der Waals surface area contributed by atoms with Crippen LogP contribution in [0.25, 0.3) is 0 Å². The number of halogens is 1. The first kappa shape index (κ1) is 20.5. The summed E-state index contributed by atoms with van der Waals surface area (Å²) in [6, 6.07) is 11.9. The Bertz CT molecular complexity index is 1070. The van der Waals surface area contributed by atoms with Crippen molar-refractivity contribution in [3.63, 3.8) is 0 Å². The highest BCUT2D eigenvalue weighted by Gasteiger charge is 2.11. The van der Waals surface area contributed by atoms with Crippen LogP contribution in [0.1, 0.15) is 11.3 Å². The molecule has 0 aliphatic heterocycles. The molecule has 0 radical (unpaired) electrons. The molecule has 0 saturated heterocycles. The standard InChI is InChI=1S/C18H16FN3O3S3/c19-13-3-1-12(2-4-13)10-26-18-22-15(11-27-18)9-17(23)21-14-5-7-16(8-6-14)28(20,24)25/h1-8,11H,9-10H2,(H,21,23)(H2,20,24,25). The molecule has 0 unspecified atom stereocenters. The van der Waals surface area contributed by atoms with E-state index in [-0.39, 0.29) is 23.0 Å². The van der Waals surface area contributed by atoms with Crippen LogP contribution in [0.15, 0.2) is 63.1 Å². The Hall–Kier alpha value is -2.27. The van der Waals surface area contributed by atoms with E-state index in [0.717, 1.165) is 9.90 Å². The maximum Gasteiger partial charge on any atom is 0.238 e. The second kappa shape index (κ2) is 8.82. The van der Waals surface area contributed by atoms with Crippen LogP contribution < -0.4 is 10.5 Å². The molecule has 0 spiro atoms. The number of anilines is 1. The van der Waals surface area contributed by atoms with Crippen LogP contribution in [-0.4, -0.2) is 19.3 Å². The van der Waals surface area contributed by atoms with Crippen molar-refractivity contribution < 1.29 is 17.6 Å². The van der Waals surface area contributed by atoms with Crippen molar-refractivity contribution in [3.8, 4) is 0 Å². The second-order valence-electron chi connectivity index (χ2n) is 5.81. The smallest absolute Gasteiger partial charge is 0.238 e. The second-order valence-corrected chi connectivity index (χ2v) is 9.46. The van der Waals surface area contributed by atoms with Gasteiger partial charge in [-0.15, -0.1) is 11.3 Å². The molecule has 10 heteroatoms. The van der Waals surface area contributed by atoms with Crippen molar-refractivity contribution in [3.05, 3.63) is 71.0 Å². The summed E-state index contributed by atoms with van der Waals surface area (Å²) >= 11 is 2.96. The van der Waals surface area contributed by atoms with Gasteiger partial charge in [-0.2, -0.15) is 0 Å². The lowest BCUT2D eigenvalue weighted by atomic mass is 10.2. The minimum Gasteiger partial charge on any atom is -0.326 e. The molecule has 0 aliphatic carbocycles. The van der Waals surface area contributed by atoms with Gasteiger partial charge in [-0.25, -0.2) is 22.9 Å². The largest absolute Gasteiger partial charge is 0.326 e. The summed E-state index contributed by atoms with van der Waals surface area (Å²) in [5, 5.41) is 9.55. The van der Waals surface area contributed by atoms with Gasteiger partial charge in [0.1, 0.15) is 10.2 Å². The molecule has 0 fully saturated rings. The van der Waals surface area contributed by atoms with Crippen molar-refractivity contribution in [2.24, 2.45) is 5.14 Å². The van der Waals surface area contributed by atoms with Gasteiger partial charge in [-0.05, 0) is 42.0 Å². The molecule has 3 N–H and O–H groups in total. The topological polar surface area (TPSA) is 102 Å². The third-order valence-corrected chi connectivity index (χ3v) is 6.68. The Morgan fingerprint density at radius 1 is 1.14 bits per heavy atom. The molecule has 0 atom stereocenters. The predicted molar refractivity (Wildman–Crippen MR) is 108 cm³/mol. The van der Waals surface area contributed by atoms with E-state index in [4.69, 9.17) is 5.14 Å². The Labute approximate surface area is 170 Å². The summed E-state index contributed by atoms with van der Waals surface area (Å²) in [6.45, 7) is 0. The maximum absolute atomic E-state index is 12.9. The number of carbonyl (C=O) groups excluding carboxylic acids is 1. The van der Waals surface area contributed by atoms with Crippen molar-refractivity contribution in [2.45, 2.75) is 21.4 Å². The van der Waals surface area contributed by atoms with Crippen LogP contribution in [0.3, 0.4) is 0 Å². The molecule has 1 heterocycles. The normalized spacial score (nSPS) is 11.4. The molecule has 28 heavy (non-hydrogen) atoms. The van der Waals surface area contributed by atoms with Gasteiger partial charge in [-0.1, -0.05) is 23.9 Å². The average Bonchev–Trinajstić information content (AvgIpc) is 3.08. The summed E-state index contributed by atoms with van der Waals surface area (Å²) < 4.78 is 36.2. The number of nitrogens with zero attached hydrogens (tertiary/aromatic N) is 1. The van der Waals surface area contributed by atoms with Crippen molar-refractivity contribution in [1.82, 2.24) is 4.98 Å². The van der Waals surface area contributed by atoms with Crippen LogP contribution in [-0.2, 0) is 27.0 Å². The Kier molecular flexibility index (Phi) is 6.45. The van der Waals surface area contributed by atoms with Crippen LogP contribution in [0.4, 0.5) is 10.1 Å². The van der Waals surface area contributed by atoms with Gasteiger partial charge < -0.3 is 5.32 Å². The molecular formula is C18H16FN3O3S3. The van der Waals surface area contributed by atoms with E-state index in [1.165, 1.54) is 59.5 Å². The van der Waals surface area contributed by atoms with Gasteiger partial charge in [0.25, 0.3) is 0 Å². The predicted octanol–water partition coefficient (Wildman–Crippen LogP) is 3.40. The van der Waals surface area contributed by atoms with Gasteiger partial charge in [-0.3, -0.25) is 4.79 Å². The van der Waals surface area contributed by atoms with Crippen LogP contribution in [0.2, 0.25) is 0 Å². The molecule has 2 aromatic carbocycles. The number of hydrogen-bond donors (Lipinski definition) is 2. The monoisotopic (exact) mass is 437 g/mol. The number of aromatic nitrogens is 1. The first-order valence-corrected chi connectivity index (χ1v) is 11.4. The summed E-state index contributed by atoms with van der Waals surface area (Å²) in [7, 11) is -3.76. The van der Waals surface area contributed by atoms with Crippen molar-refractivity contribution in [1.29, 1.82) is 0 Å². The number of primary sulfonamides is 1. The molecule has 1 aromatic heterocycles. The van der Waals surface area contributed by atoms with E-state index in [2.05, 4.69) is 10.3 Å². The van der Waals surface area contributed by atoms with E-state index in [0.29, 0.717) is 17.1 Å². The van der Waals surface area contributed by atoms with Gasteiger partial charge in [0.15, 0.2) is 0 Å². The quantitative estimate of drug-likeness (QED) is 0.552. The fourth-order valence-electron chi connectivity index (χ4n) is 2.26. The number of sulfonamides is 1. The molecule has 0 saturated carbocycles. The summed E-state index contributed by atoms with van der Waals surface area (Å²) in [5.74, 6) is 0.134. The molecule has 0 aliphatic rings. The number of hydrogen-bond acceptors (Lipinski definition) is 6. The van der Waals surface area contributed by atoms with Crippen LogP contribution in [0, 0.1) is 5.82 Å². The Morgan fingerprint density at radius 3 is 2.46 bits per heavy atom. The van der Waals surface area contributed by atoms with Gasteiger partial charge >= 0.3 is 0 Å². The number of amides is 1. The van der Waals surface area contributed by atoms with Crippen molar-refractivity contribution in [2.75, 3.05) is 5.32 Å². The number of benzene rings is 2. The number of nitrogens with one attached hydrogen (secondary N) is 1. The highest BCUT2D eigenvalue weighted by molar-refractivity contribution is 8.00. The van der Waals surface area contributed by atoms with E-state index in [1.807, 2.05) is 5.38 Å². The molecule has 0 bridgehead atoms. The number of thiazole rings is 1. The fraction of sp³-hybridized carbons (Fsp3) is 0.111. The van der Waals surface area contributed by atoms with E-state index >= 15 is 0 Å². The highest BCUT2D eigenvalue weighted by Crippen LogP contribution is 2.26. The molecule has 146 valence electrons. The Balaban J connectivity index is 1.52. The summed E-state index contributed by atoms with van der Waals surface area (Å²) in [5.41, 5.74) is 2.10. The summed E-state index contributed by atoms with van der Waals surface area (Å²) in [4.78, 5) is 16.6. The molecule has 3 aromatic rings. The maximum atomic E-state index is 12.9. The Morgan fingerprint density at radius 2 is 1.82 bits per heavy atom. The minimum absolute atomic E-state index is 0.0205. The van der Waals surface area contributed by atoms with Crippen LogP contribution in [0.5, 0.6) is 0 Å². The van der Waals surface area contributed by atoms with Crippen molar-refractivity contribution >= 4 is 44.7 Å². The average molecular weight is 438 g/mol. The number of carbonyl (C=O) groups is 1. The molecule has 3 rings (SSSR count). The SMILES string of the molecule is NS(=O)(=O)c1ccc(NC(=O)Cc2csc(SCc3ccc(F)cc3)n2)cc1. The van der Waals surface area contributed by atoms with Gasteiger partial charge in [0.2, 0.25) is 15.9 Å². The first-order valence-electron chi connectivity index (χ1n) is 8.04. The number of thioether (sulfide) groups is 1. The zero-order valence-corrected chi connectivity index (χ0v) is 16.9. The molecule has 1 amide bonds. The van der Waals surface area contributed by atoms with Gasteiger partial charge in [0, 0.05) is 16.8 Å². The summed E-state index contributed by atoms with van der Waals surface area (Å²) in [6.07, 6.45) is 0.102. The third-order valence-electron chi connectivity index (χ3n) is 3.61. The lowest BCUT2D eigenvalue weighted by Crippen LogP contribution is -2.15. The zero-order valence-electron chi connectivity index (χ0n) is 14.5. The zero-order chi connectivity index (χ0) is 20.1. The lowest BCUT2D eigenvalue weighted by molar-refractivity contribution is -0.115. The van der Waals surface area contributed by atoms with Gasteiger partial charge in [0.05, 0.1) is 17.0 Å². The number of nitrogens with two attached hydrogens (primary N) is 1. The first-order chi connectivity index (χ1) is 13.3. The highest BCUT2D eigenvalue weighted by atomic mass is 32.2. The molecular weight excluding hydrogens is 421 g/mol. The van der Waals surface area contributed by atoms with Crippen LogP contribution >= 0.6 is 23.1 Å². The number of rotatable bonds is 7. The third kappa shape index (κ3) is 5.86. The van der Waals surface area contributed by atoms with E-state index < -0.39 is 10.0 Å². The fourth-order valence-corrected chi connectivity index (χ4v) is 4.58. The van der Waals surface area contributed by atoms with E-state index in [9.17, 15) is 17.6 Å². The molecule has 6 nitrogen and oxygen atoms in total. The minimum atomic E-state index is -3.76. The lowest BCUT2D eigenvalue weighted by Gasteiger charge is -2.05.